The number of anilines is 1. The van der Waals surface area contributed by atoms with Gasteiger partial charge in [0.25, 0.3) is 5.92 Å². The van der Waals surface area contributed by atoms with Crippen LogP contribution in [0.5, 0.6) is 0 Å². The van der Waals surface area contributed by atoms with Gasteiger partial charge in [-0.05, 0) is 30.6 Å². The van der Waals surface area contributed by atoms with Gasteiger partial charge in [-0.1, -0.05) is 0 Å². The van der Waals surface area contributed by atoms with Gasteiger partial charge in [-0.25, -0.2) is 15.0 Å². The molecule has 0 spiro atoms. The van der Waals surface area contributed by atoms with E-state index < -0.39 is 11.9 Å². The average molecular weight is 389 g/mol. The smallest absolute Gasteiger partial charge is 0.303 e. The van der Waals surface area contributed by atoms with E-state index in [1.807, 2.05) is 0 Å². The number of alkyl halides is 2. The lowest BCUT2D eigenvalue weighted by atomic mass is 9.92. The number of imidazole rings is 1. The summed E-state index contributed by atoms with van der Waals surface area (Å²) in [4.78, 5) is 26.0. The van der Waals surface area contributed by atoms with Crippen LogP contribution in [-0.4, -0.2) is 43.7 Å². The van der Waals surface area contributed by atoms with Crippen molar-refractivity contribution in [1.82, 2.24) is 19.5 Å². The van der Waals surface area contributed by atoms with Crippen LogP contribution in [0.4, 0.5) is 14.6 Å². The summed E-state index contributed by atoms with van der Waals surface area (Å²) in [6.45, 7) is 1.34. The van der Waals surface area contributed by atoms with Crippen LogP contribution in [0.3, 0.4) is 0 Å². The second kappa shape index (κ2) is 5.96. The number of fused-ring (bicyclic) bond motifs is 2. The largest absolute Gasteiger partial charge is 0.481 e. The molecule has 28 heavy (non-hydrogen) atoms. The number of piperidine rings is 1. The Morgan fingerprint density at radius 3 is 2.71 bits per heavy atom. The van der Waals surface area contributed by atoms with Crippen molar-refractivity contribution < 1.29 is 18.7 Å². The van der Waals surface area contributed by atoms with E-state index in [0.717, 1.165) is 0 Å². The summed E-state index contributed by atoms with van der Waals surface area (Å²) in [5, 5.41) is 9.02. The van der Waals surface area contributed by atoms with Crippen LogP contribution in [0.25, 0.3) is 11.5 Å². The van der Waals surface area contributed by atoms with Gasteiger partial charge in [-0.3, -0.25) is 4.79 Å². The van der Waals surface area contributed by atoms with E-state index in [0.29, 0.717) is 54.8 Å². The van der Waals surface area contributed by atoms with Crippen molar-refractivity contribution in [2.75, 3.05) is 18.0 Å². The number of rotatable bonds is 4. The molecule has 0 amide bonds. The zero-order valence-corrected chi connectivity index (χ0v) is 15.5. The molecular formula is C19H21F2N5O2. The summed E-state index contributed by atoms with van der Waals surface area (Å²) >= 11 is 0. The molecule has 2 aromatic heterocycles. The molecule has 0 bridgehead atoms. The Labute approximate surface area is 160 Å². The monoisotopic (exact) mass is 389 g/mol. The van der Waals surface area contributed by atoms with E-state index in [1.54, 1.807) is 24.1 Å². The van der Waals surface area contributed by atoms with Gasteiger partial charge in [-0.2, -0.15) is 8.78 Å². The summed E-state index contributed by atoms with van der Waals surface area (Å²) in [6, 6.07) is 0. The molecular weight excluding hydrogens is 368 g/mol. The summed E-state index contributed by atoms with van der Waals surface area (Å²) < 4.78 is 31.1. The zero-order chi connectivity index (χ0) is 19.6. The first-order chi connectivity index (χ1) is 13.3. The number of hydrogen-bond acceptors (Lipinski definition) is 5. The van der Waals surface area contributed by atoms with Crippen molar-refractivity contribution in [1.29, 1.82) is 0 Å². The van der Waals surface area contributed by atoms with Crippen LogP contribution in [0.2, 0.25) is 0 Å². The quantitative estimate of drug-likeness (QED) is 0.865. The third-order valence-corrected chi connectivity index (χ3v) is 6.38. The molecule has 2 fully saturated rings. The van der Waals surface area contributed by atoms with Crippen molar-refractivity contribution in [3.8, 4) is 11.5 Å². The van der Waals surface area contributed by atoms with Gasteiger partial charge in [-0.15, -0.1) is 0 Å². The second-order valence-corrected chi connectivity index (χ2v) is 8.14. The Morgan fingerprint density at radius 2 is 2.07 bits per heavy atom. The Hall–Kier alpha value is -2.58. The molecule has 3 aliphatic rings. The van der Waals surface area contributed by atoms with Crippen molar-refractivity contribution in [3.05, 3.63) is 23.8 Å². The fourth-order valence-corrected chi connectivity index (χ4v) is 4.89. The maximum Gasteiger partial charge on any atom is 0.303 e. The number of carbonyl (C=O) groups is 1. The minimum absolute atomic E-state index is 0.164. The van der Waals surface area contributed by atoms with E-state index in [9.17, 15) is 13.6 Å². The third-order valence-electron chi connectivity index (χ3n) is 6.38. The molecule has 3 heterocycles. The van der Waals surface area contributed by atoms with Gasteiger partial charge in [0.2, 0.25) is 0 Å². The number of aromatic nitrogens is 4. The van der Waals surface area contributed by atoms with E-state index in [2.05, 4.69) is 19.9 Å². The Balaban J connectivity index is 1.53. The molecule has 5 rings (SSSR count). The number of nitrogens with zero attached hydrogens (tertiary/aromatic N) is 5. The van der Waals surface area contributed by atoms with E-state index in [1.165, 1.54) is 0 Å². The molecule has 1 saturated carbocycles. The number of aliphatic carboxylic acids is 1. The first kappa shape index (κ1) is 17.5. The fourth-order valence-electron chi connectivity index (χ4n) is 4.89. The lowest BCUT2D eigenvalue weighted by Gasteiger charge is -2.30. The molecule has 9 heteroatoms. The highest BCUT2D eigenvalue weighted by atomic mass is 19.3. The molecule has 2 aromatic rings. The van der Waals surface area contributed by atoms with Gasteiger partial charge in [0.15, 0.2) is 5.82 Å². The van der Waals surface area contributed by atoms with Crippen molar-refractivity contribution >= 4 is 11.8 Å². The van der Waals surface area contributed by atoms with Crippen LogP contribution in [0.1, 0.15) is 30.5 Å². The lowest BCUT2D eigenvalue weighted by molar-refractivity contribution is -0.137. The molecule has 1 saturated heterocycles. The highest BCUT2D eigenvalue weighted by Gasteiger charge is 2.57. The molecule has 1 N–H and O–H groups in total. The Kier molecular flexibility index (Phi) is 3.73. The van der Waals surface area contributed by atoms with Crippen LogP contribution in [0, 0.1) is 17.8 Å². The average Bonchev–Trinajstić information content (AvgIpc) is 3.01. The van der Waals surface area contributed by atoms with E-state index in [-0.39, 0.29) is 30.3 Å². The number of halogens is 2. The molecule has 7 nitrogen and oxygen atoms in total. The third kappa shape index (κ3) is 2.67. The van der Waals surface area contributed by atoms with Gasteiger partial charge in [0.05, 0.1) is 12.5 Å². The molecule has 0 aromatic carbocycles. The van der Waals surface area contributed by atoms with Gasteiger partial charge >= 0.3 is 5.97 Å². The number of aryl methyl sites for hydroxylation is 1. The van der Waals surface area contributed by atoms with E-state index >= 15 is 0 Å². The number of carboxylic acid groups (broad SMARTS) is 1. The van der Waals surface area contributed by atoms with Gasteiger partial charge in [0.1, 0.15) is 17.2 Å². The van der Waals surface area contributed by atoms with Crippen LogP contribution in [0.15, 0.2) is 12.5 Å². The minimum Gasteiger partial charge on any atom is -0.481 e. The van der Waals surface area contributed by atoms with Crippen LogP contribution >= 0.6 is 0 Å². The Bertz CT molecular complexity index is 948. The number of hydrogen-bond donors (Lipinski definition) is 1. The summed E-state index contributed by atoms with van der Waals surface area (Å²) in [6.07, 6.45) is 4.10. The minimum atomic E-state index is -2.97. The maximum absolute atomic E-state index is 14.7. The molecule has 0 radical (unpaired) electrons. The molecule has 148 valence electrons. The standard InChI is InChI=1S/C19H21F2N5O2/c1-25-9-22-6-14(25)17-23-16-10(3-2-4-19(16,20)21)18(24-17)26-7-12-11(5-15(27)28)13(12)8-26/h6,9,11-13H,2-5,7-8H2,1H3,(H,27,28)/t11-,12-,13+. The predicted molar refractivity (Wildman–Crippen MR) is 96.0 cm³/mol. The molecule has 2 aliphatic carbocycles. The van der Waals surface area contributed by atoms with Gasteiger partial charge in [0, 0.05) is 38.5 Å². The Morgan fingerprint density at radius 1 is 1.32 bits per heavy atom. The molecule has 3 atom stereocenters. The normalized spacial score (nSPS) is 27.4. The lowest BCUT2D eigenvalue weighted by Crippen LogP contribution is -2.31. The van der Waals surface area contributed by atoms with Crippen molar-refractivity contribution in [3.63, 3.8) is 0 Å². The second-order valence-electron chi connectivity index (χ2n) is 8.14. The highest BCUT2D eigenvalue weighted by Crippen LogP contribution is 2.55. The first-order valence-corrected chi connectivity index (χ1v) is 9.58. The fraction of sp³-hybridized carbons (Fsp3) is 0.579. The molecule has 1 aliphatic heterocycles. The van der Waals surface area contributed by atoms with Crippen molar-refractivity contribution in [2.24, 2.45) is 24.8 Å². The van der Waals surface area contributed by atoms with Gasteiger partial charge < -0.3 is 14.6 Å². The van der Waals surface area contributed by atoms with Crippen molar-refractivity contribution in [2.45, 2.75) is 31.6 Å². The SMILES string of the molecule is Cn1cncc1-c1nc(N2C[C@@H]3[C@@H](CC(=O)O)[C@@H]3C2)c2c(n1)C(F)(F)CCC2. The number of carboxylic acids is 1. The maximum atomic E-state index is 14.7. The topological polar surface area (TPSA) is 84.1 Å². The summed E-state index contributed by atoms with van der Waals surface area (Å²) in [5.74, 6) is -2.07. The summed E-state index contributed by atoms with van der Waals surface area (Å²) in [7, 11) is 1.78. The predicted octanol–water partition coefficient (Wildman–Crippen LogP) is 2.46. The highest BCUT2D eigenvalue weighted by molar-refractivity contribution is 5.68. The first-order valence-electron chi connectivity index (χ1n) is 9.58. The summed E-state index contributed by atoms with van der Waals surface area (Å²) in [5.41, 5.74) is 0.972. The molecule has 0 unspecified atom stereocenters. The van der Waals surface area contributed by atoms with Crippen LogP contribution < -0.4 is 4.90 Å². The van der Waals surface area contributed by atoms with E-state index in [4.69, 9.17) is 5.11 Å². The zero-order valence-electron chi connectivity index (χ0n) is 15.5. The van der Waals surface area contributed by atoms with Crippen LogP contribution in [-0.2, 0) is 24.2 Å².